The summed E-state index contributed by atoms with van der Waals surface area (Å²) in [4.78, 5) is 0. The van der Waals surface area contributed by atoms with Crippen molar-refractivity contribution in [2.75, 3.05) is 6.61 Å². The molecule has 0 amide bonds. The second-order valence-corrected chi connectivity index (χ2v) is 11.7. The van der Waals surface area contributed by atoms with Crippen LogP contribution in [0.2, 0.25) is 5.04 Å². The number of benzene rings is 2. The van der Waals surface area contributed by atoms with Crippen molar-refractivity contribution in [3.05, 3.63) is 60.7 Å². The number of rotatable bonds is 6. The molecule has 0 unspecified atom stereocenters. The van der Waals surface area contributed by atoms with E-state index in [1.807, 2.05) is 0 Å². The van der Waals surface area contributed by atoms with E-state index in [1.54, 1.807) is 0 Å². The van der Waals surface area contributed by atoms with Gasteiger partial charge < -0.3 is 4.43 Å². The fraction of sp³-hybridized carbons (Fsp3) is 0.364. The Hall–Kier alpha value is -1.82. The third-order valence-corrected chi connectivity index (χ3v) is 9.61. The van der Waals surface area contributed by atoms with Crippen molar-refractivity contribution in [2.24, 2.45) is 5.92 Å². The van der Waals surface area contributed by atoms with Gasteiger partial charge in [0.2, 0.25) is 0 Å². The minimum absolute atomic E-state index is 0.0229. The number of hydrogen-bond acceptors (Lipinski definition) is 1. The molecule has 2 rings (SSSR count). The van der Waals surface area contributed by atoms with E-state index in [1.165, 1.54) is 10.4 Å². The van der Waals surface area contributed by atoms with E-state index >= 15 is 0 Å². The fourth-order valence-electron chi connectivity index (χ4n) is 3.23. The van der Waals surface area contributed by atoms with Gasteiger partial charge in [0.1, 0.15) is 0 Å². The second-order valence-electron chi connectivity index (χ2n) is 7.37. The van der Waals surface area contributed by atoms with E-state index in [-0.39, 0.29) is 11.0 Å². The van der Waals surface area contributed by atoms with Crippen LogP contribution in [-0.2, 0) is 4.43 Å². The van der Waals surface area contributed by atoms with Gasteiger partial charge in [0, 0.05) is 12.5 Å². The molecule has 0 spiro atoms. The van der Waals surface area contributed by atoms with Gasteiger partial charge in [-0.2, -0.15) is 0 Å². The average Bonchev–Trinajstić information content (AvgIpc) is 2.59. The molecule has 0 radical (unpaired) electrons. The van der Waals surface area contributed by atoms with Crippen LogP contribution in [-0.4, -0.2) is 14.9 Å². The molecule has 0 heterocycles. The molecule has 0 fully saturated rings. The minimum atomic E-state index is -2.40. The first-order valence-electron chi connectivity index (χ1n) is 8.63. The van der Waals surface area contributed by atoms with Crippen molar-refractivity contribution in [3.63, 3.8) is 0 Å². The normalized spacial score (nSPS) is 13.3. The van der Waals surface area contributed by atoms with Gasteiger partial charge in [-0.3, -0.25) is 0 Å². The molecule has 0 aromatic heterocycles. The Morgan fingerprint density at radius 3 is 1.79 bits per heavy atom. The Morgan fingerprint density at radius 2 is 1.42 bits per heavy atom. The molecule has 0 N–H and O–H groups in total. The molecule has 1 nitrogen and oxygen atoms in total. The molecule has 0 saturated carbocycles. The molecule has 2 aromatic rings. The van der Waals surface area contributed by atoms with Gasteiger partial charge in [0.15, 0.2) is 0 Å². The topological polar surface area (TPSA) is 9.23 Å². The smallest absolute Gasteiger partial charge is 0.261 e. The summed E-state index contributed by atoms with van der Waals surface area (Å²) >= 11 is 0. The van der Waals surface area contributed by atoms with Gasteiger partial charge in [-0.05, 0) is 21.8 Å². The Kier molecular flexibility index (Phi) is 6.04. The van der Waals surface area contributed by atoms with Crippen molar-refractivity contribution >= 4 is 18.7 Å². The second kappa shape index (κ2) is 7.83. The van der Waals surface area contributed by atoms with Crippen molar-refractivity contribution in [1.29, 1.82) is 0 Å². The highest BCUT2D eigenvalue weighted by Gasteiger charge is 2.49. The summed E-state index contributed by atoms with van der Waals surface area (Å²) in [6, 6.07) is 21.4. The number of hydrogen-bond donors (Lipinski definition) is 0. The Balaban J connectivity index is 2.52. The predicted molar refractivity (Wildman–Crippen MR) is 106 cm³/mol. The van der Waals surface area contributed by atoms with Crippen LogP contribution < -0.4 is 10.4 Å². The quantitative estimate of drug-likeness (QED) is 0.567. The van der Waals surface area contributed by atoms with Gasteiger partial charge in [-0.1, -0.05) is 88.4 Å². The van der Waals surface area contributed by atoms with E-state index in [9.17, 15) is 0 Å². The lowest BCUT2D eigenvalue weighted by atomic mass is 10.1. The van der Waals surface area contributed by atoms with Crippen LogP contribution >= 0.6 is 0 Å². The predicted octanol–water partition coefficient (Wildman–Crippen LogP) is 4.22. The molecular weight excluding hydrogens is 308 g/mol. The molecule has 2 heteroatoms. The summed E-state index contributed by atoms with van der Waals surface area (Å²) in [5, 5.41) is 2.66. The monoisotopic (exact) mass is 336 g/mol. The zero-order chi connectivity index (χ0) is 17.6. The zero-order valence-corrected chi connectivity index (χ0v) is 16.3. The molecule has 0 saturated heterocycles. The van der Waals surface area contributed by atoms with E-state index in [0.29, 0.717) is 6.61 Å². The van der Waals surface area contributed by atoms with E-state index in [4.69, 9.17) is 10.8 Å². The van der Waals surface area contributed by atoms with Gasteiger partial charge in [-0.15, -0.1) is 12.3 Å². The van der Waals surface area contributed by atoms with Crippen LogP contribution in [0, 0.1) is 18.3 Å². The van der Waals surface area contributed by atoms with E-state index in [2.05, 4.69) is 94.3 Å². The lowest BCUT2D eigenvalue weighted by Crippen LogP contribution is -2.66. The molecule has 24 heavy (non-hydrogen) atoms. The van der Waals surface area contributed by atoms with E-state index < -0.39 is 8.32 Å². The highest BCUT2D eigenvalue weighted by molar-refractivity contribution is 6.99. The van der Waals surface area contributed by atoms with Crippen LogP contribution in [0.25, 0.3) is 0 Å². The summed E-state index contributed by atoms with van der Waals surface area (Å²) in [5.41, 5.74) is 0. The summed E-state index contributed by atoms with van der Waals surface area (Å²) < 4.78 is 6.78. The minimum Gasteiger partial charge on any atom is -0.407 e. The van der Waals surface area contributed by atoms with Crippen LogP contribution in [0.5, 0.6) is 0 Å². The first-order chi connectivity index (χ1) is 11.4. The molecular formula is C22H28OSi. The third-order valence-electron chi connectivity index (χ3n) is 4.57. The maximum atomic E-state index is 6.78. The van der Waals surface area contributed by atoms with Gasteiger partial charge in [0.25, 0.3) is 8.32 Å². The van der Waals surface area contributed by atoms with E-state index in [0.717, 1.165) is 6.42 Å². The Bertz CT molecular complexity index is 625. The maximum absolute atomic E-state index is 6.78. The van der Waals surface area contributed by atoms with Crippen molar-refractivity contribution in [2.45, 2.75) is 39.2 Å². The summed E-state index contributed by atoms with van der Waals surface area (Å²) in [5.74, 6) is 3.04. The largest absolute Gasteiger partial charge is 0.407 e. The van der Waals surface area contributed by atoms with Crippen LogP contribution in [0.1, 0.15) is 34.1 Å². The Morgan fingerprint density at radius 1 is 0.958 bits per heavy atom. The molecule has 126 valence electrons. The standard InChI is InChI=1S/C22H28OSi/c1-6-19(2)17-18-23-24(22(3,4)5,20-13-9-7-10-14-20)21-15-11-8-12-16-21/h1,7-16,19H,17-18H2,2-5H3/t19-/m1/s1. The van der Waals surface area contributed by atoms with Crippen molar-refractivity contribution < 1.29 is 4.43 Å². The molecule has 0 aliphatic carbocycles. The summed E-state index contributed by atoms with van der Waals surface area (Å²) in [6.07, 6.45) is 6.43. The lowest BCUT2D eigenvalue weighted by molar-refractivity contribution is 0.280. The lowest BCUT2D eigenvalue weighted by Gasteiger charge is -2.43. The average molecular weight is 337 g/mol. The molecule has 2 aromatic carbocycles. The zero-order valence-electron chi connectivity index (χ0n) is 15.3. The third kappa shape index (κ3) is 3.80. The SMILES string of the molecule is C#C[C@@H](C)CCO[Si](c1ccccc1)(c1ccccc1)C(C)(C)C. The van der Waals surface area contributed by atoms with Gasteiger partial charge >= 0.3 is 0 Å². The van der Waals surface area contributed by atoms with Crippen LogP contribution in [0.4, 0.5) is 0 Å². The first kappa shape index (κ1) is 18.5. The van der Waals surface area contributed by atoms with Crippen LogP contribution in [0.15, 0.2) is 60.7 Å². The van der Waals surface area contributed by atoms with Crippen LogP contribution in [0.3, 0.4) is 0 Å². The molecule has 0 aliphatic heterocycles. The summed E-state index contributed by atoms with van der Waals surface area (Å²) in [6.45, 7) is 9.66. The number of terminal acetylenes is 1. The fourth-order valence-corrected chi connectivity index (χ4v) is 7.81. The highest BCUT2D eigenvalue weighted by Crippen LogP contribution is 2.36. The molecule has 1 atom stereocenters. The summed E-state index contributed by atoms with van der Waals surface area (Å²) in [7, 11) is -2.40. The molecule has 0 aliphatic rings. The first-order valence-corrected chi connectivity index (χ1v) is 10.5. The highest BCUT2D eigenvalue weighted by atomic mass is 28.4. The Labute approximate surface area is 148 Å². The van der Waals surface area contributed by atoms with Crippen molar-refractivity contribution in [1.82, 2.24) is 0 Å². The van der Waals surface area contributed by atoms with Crippen molar-refractivity contribution in [3.8, 4) is 12.3 Å². The molecule has 0 bridgehead atoms. The maximum Gasteiger partial charge on any atom is 0.261 e. The van der Waals surface area contributed by atoms with Gasteiger partial charge in [0.05, 0.1) is 0 Å². The van der Waals surface area contributed by atoms with Gasteiger partial charge in [-0.25, -0.2) is 0 Å².